The van der Waals surface area contributed by atoms with Crippen molar-refractivity contribution < 1.29 is 19.5 Å². The van der Waals surface area contributed by atoms with Crippen LogP contribution in [0.15, 0.2) is 0 Å². The Labute approximate surface area is 113 Å². The van der Waals surface area contributed by atoms with Crippen molar-refractivity contribution in [3.8, 4) is 0 Å². The highest BCUT2D eigenvalue weighted by Gasteiger charge is 2.10. The van der Waals surface area contributed by atoms with Gasteiger partial charge in [-0.15, -0.1) is 0 Å². The van der Waals surface area contributed by atoms with Crippen molar-refractivity contribution >= 4 is 17.9 Å². The molecule has 7 nitrogen and oxygen atoms in total. The number of carboxylic acids is 1. The van der Waals surface area contributed by atoms with E-state index < -0.39 is 5.97 Å². The number of carbonyl (C=O) groups excluding carboxylic acids is 2. The molecule has 0 heterocycles. The molecule has 0 bridgehead atoms. The number of rotatable bonds is 8. The second-order valence-corrected chi connectivity index (χ2v) is 4.78. The van der Waals surface area contributed by atoms with Gasteiger partial charge in [0.25, 0.3) is 0 Å². The zero-order valence-electron chi connectivity index (χ0n) is 11.7. The van der Waals surface area contributed by atoms with Crippen LogP contribution in [0.3, 0.4) is 0 Å². The van der Waals surface area contributed by atoms with Gasteiger partial charge in [-0.1, -0.05) is 13.8 Å². The number of nitrogens with zero attached hydrogens (tertiary/aromatic N) is 1. The van der Waals surface area contributed by atoms with Crippen molar-refractivity contribution in [2.75, 3.05) is 26.7 Å². The molecule has 0 saturated heterocycles. The number of hydrogen-bond donors (Lipinski definition) is 3. The molecule has 0 radical (unpaired) electrons. The molecule has 0 saturated carbocycles. The first-order chi connectivity index (χ1) is 8.82. The average Bonchev–Trinajstić information content (AvgIpc) is 2.32. The molecule has 0 unspecified atom stereocenters. The van der Waals surface area contributed by atoms with Gasteiger partial charge in [0.2, 0.25) is 5.91 Å². The van der Waals surface area contributed by atoms with E-state index in [0.717, 1.165) is 0 Å². The van der Waals surface area contributed by atoms with E-state index in [1.165, 1.54) is 4.90 Å². The zero-order valence-corrected chi connectivity index (χ0v) is 11.7. The zero-order chi connectivity index (χ0) is 14.8. The summed E-state index contributed by atoms with van der Waals surface area (Å²) >= 11 is 0. The summed E-state index contributed by atoms with van der Waals surface area (Å²) in [5, 5.41) is 13.6. The van der Waals surface area contributed by atoms with Crippen molar-refractivity contribution in [1.82, 2.24) is 15.5 Å². The van der Waals surface area contributed by atoms with Crippen molar-refractivity contribution in [2.24, 2.45) is 5.92 Å². The number of carboxylic acid groups (broad SMARTS) is 1. The molecule has 0 aromatic heterocycles. The fraction of sp³-hybridized carbons (Fsp3) is 0.750. The SMILES string of the molecule is CC(C)CNC(=O)CNC(=O)N(C)CCCC(=O)O. The van der Waals surface area contributed by atoms with Crippen LogP contribution >= 0.6 is 0 Å². The van der Waals surface area contributed by atoms with E-state index in [4.69, 9.17) is 5.11 Å². The number of nitrogens with one attached hydrogen (secondary N) is 2. The summed E-state index contributed by atoms with van der Waals surface area (Å²) < 4.78 is 0. The van der Waals surface area contributed by atoms with E-state index in [1.807, 2.05) is 13.8 Å². The summed E-state index contributed by atoms with van der Waals surface area (Å²) in [6.45, 7) is 4.80. The third-order valence-electron chi connectivity index (χ3n) is 2.34. The van der Waals surface area contributed by atoms with Gasteiger partial charge in [-0.2, -0.15) is 0 Å². The summed E-state index contributed by atoms with van der Waals surface area (Å²) in [7, 11) is 1.56. The van der Waals surface area contributed by atoms with Crippen LogP contribution in [0.5, 0.6) is 0 Å². The summed E-state index contributed by atoms with van der Waals surface area (Å²) in [5.74, 6) is -0.763. The molecule has 7 heteroatoms. The monoisotopic (exact) mass is 273 g/mol. The van der Waals surface area contributed by atoms with Crippen molar-refractivity contribution in [3.63, 3.8) is 0 Å². The van der Waals surface area contributed by atoms with Gasteiger partial charge in [0.1, 0.15) is 0 Å². The molecule has 0 aromatic rings. The average molecular weight is 273 g/mol. The van der Waals surface area contributed by atoms with Crippen molar-refractivity contribution in [3.05, 3.63) is 0 Å². The minimum atomic E-state index is -0.887. The second kappa shape index (κ2) is 9.18. The molecule has 0 aliphatic heterocycles. The van der Waals surface area contributed by atoms with Crippen LogP contribution in [-0.2, 0) is 9.59 Å². The van der Waals surface area contributed by atoms with Gasteiger partial charge in [0.05, 0.1) is 6.54 Å². The molecule has 0 atom stereocenters. The van der Waals surface area contributed by atoms with E-state index >= 15 is 0 Å². The first kappa shape index (κ1) is 17.2. The Morgan fingerprint density at radius 3 is 2.37 bits per heavy atom. The molecule has 110 valence electrons. The topological polar surface area (TPSA) is 98.7 Å². The summed E-state index contributed by atoms with van der Waals surface area (Å²) in [5.41, 5.74) is 0. The molecular weight excluding hydrogens is 250 g/mol. The maximum Gasteiger partial charge on any atom is 0.317 e. The van der Waals surface area contributed by atoms with Crippen LogP contribution in [0.4, 0.5) is 4.79 Å². The maximum atomic E-state index is 11.5. The first-order valence-electron chi connectivity index (χ1n) is 6.30. The highest BCUT2D eigenvalue weighted by Crippen LogP contribution is 1.93. The molecule has 0 rings (SSSR count). The van der Waals surface area contributed by atoms with Gasteiger partial charge in [-0.25, -0.2) is 4.79 Å². The Kier molecular flexibility index (Phi) is 8.32. The van der Waals surface area contributed by atoms with E-state index in [2.05, 4.69) is 10.6 Å². The normalized spacial score (nSPS) is 10.1. The number of urea groups is 1. The lowest BCUT2D eigenvalue weighted by Crippen LogP contribution is -2.43. The van der Waals surface area contributed by atoms with E-state index in [1.54, 1.807) is 7.05 Å². The van der Waals surface area contributed by atoms with E-state index in [9.17, 15) is 14.4 Å². The van der Waals surface area contributed by atoms with Gasteiger partial charge >= 0.3 is 12.0 Å². The van der Waals surface area contributed by atoms with Crippen LogP contribution in [-0.4, -0.2) is 54.6 Å². The van der Waals surface area contributed by atoms with Crippen LogP contribution in [0, 0.1) is 5.92 Å². The Bertz CT molecular complexity index is 318. The molecule has 0 fully saturated rings. The molecule has 0 spiro atoms. The lowest BCUT2D eigenvalue weighted by atomic mass is 10.2. The fourth-order valence-electron chi connectivity index (χ4n) is 1.24. The number of hydrogen-bond acceptors (Lipinski definition) is 3. The number of aliphatic carboxylic acids is 1. The molecule has 3 N–H and O–H groups in total. The Balaban J connectivity index is 3.77. The Hall–Kier alpha value is -1.79. The minimum absolute atomic E-state index is 0.0203. The molecule has 0 aliphatic rings. The molecule has 0 aromatic carbocycles. The second-order valence-electron chi connectivity index (χ2n) is 4.78. The van der Waals surface area contributed by atoms with Gasteiger partial charge < -0.3 is 20.6 Å². The summed E-state index contributed by atoms with van der Waals surface area (Å²) in [6, 6.07) is -0.384. The molecular formula is C12H23N3O4. The quantitative estimate of drug-likeness (QED) is 0.591. The van der Waals surface area contributed by atoms with Crippen LogP contribution < -0.4 is 10.6 Å². The van der Waals surface area contributed by atoms with Crippen LogP contribution in [0.25, 0.3) is 0 Å². The third-order valence-corrected chi connectivity index (χ3v) is 2.34. The molecule has 19 heavy (non-hydrogen) atoms. The Morgan fingerprint density at radius 1 is 1.21 bits per heavy atom. The maximum absolute atomic E-state index is 11.5. The highest BCUT2D eigenvalue weighted by atomic mass is 16.4. The van der Waals surface area contributed by atoms with Crippen molar-refractivity contribution in [1.29, 1.82) is 0 Å². The molecule has 3 amide bonds. The van der Waals surface area contributed by atoms with Crippen LogP contribution in [0.2, 0.25) is 0 Å². The Morgan fingerprint density at radius 2 is 1.84 bits per heavy atom. The minimum Gasteiger partial charge on any atom is -0.481 e. The first-order valence-corrected chi connectivity index (χ1v) is 6.30. The summed E-state index contributed by atoms with van der Waals surface area (Å²) in [6.07, 6.45) is 0.408. The molecule has 0 aliphatic carbocycles. The standard InChI is InChI=1S/C12H23N3O4/c1-9(2)7-13-10(16)8-14-12(19)15(3)6-4-5-11(17)18/h9H,4-8H2,1-3H3,(H,13,16)(H,14,19)(H,17,18). The fourth-order valence-corrected chi connectivity index (χ4v) is 1.24. The van der Waals surface area contributed by atoms with E-state index in [-0.39, 0.29) is 24.9 Å². The van der Waals surface area contributed by atoms with E-state index in [0.29, 0.717) is 25.4 Å². The van der Waals surface area contributed by atoms with Gasteiger partial charge in [0.15, 0.2) is 0 Å². The van der Waals surface area contributed by atoms with Crippen LogP contribution in [0.1, 0.15) is 26.7 Å². The smallest absolute Gasteiger partial charge is 0.317 e. The largest absolute Gasteiger partial charge is 0.481 e. The highest BCUT2D eigenvalue weighted by molar-refractivity contribution is 5.83. The van der Waals surface area contributed by atoms with Gasteiger partial charge in [-0.3, -0.25) is 9.59 Å². The predicted octanol–water partition coefficient (Wildman–Crippen LogP) is 0.265. The van der Waals surface area contributed by atoms with Gasteiger partial charge in [-0.05, 0) is 12.3 Å². The third kappa shape index (κ3) is 9.87. The number of carbonyl (C=O) groups is 3. The van der Waals surface area contributed by atoms with Gasteiger partial charge in [0, 0.05) is 26.6 Å². The number of amides is 3. The lowest BCUT2D eigenvalue weighted by molar-refractivity contribution is -0.137. The predicted molar refractivity (Wildman–Crippen MR) is 70.7 cm³/mol. The van der Waals surface area contributed by atoms with Crippen molar-refractivity contribution in [2.45, 2.75) is 26.7 Å². The lowest BCUT2D eigenvalue weighted by Gasteiger charge is -2.17. The summed E-state index contributed by atoms with van der Waals surface area (Å²) in [4.78, 5) is 34.6.